The van der Waals surface area contributed by atoms with Crippen molar-refractivity contribution in [3.05, 3.63) is 40.2 Å². The van der Waals surface area contributed by atoms with E-state index in [0.717, 1.165) is 16.1 Å². The molecule has 0 unspecified atom stereocenters. The maximum absolute atomic E-state index is 11.8. The fourth-order valence-electron chi connectivity index (χ4n) is 1.81. The molecule has 0 aliphatic carbocycles. The summed E-state index contributed by atoms with van der Waals surface area (Å²) < 4.78 is 5.02. The minimum atomic E-state index is -0.336. The molecule has 19 heavy (non-hydrogen) atoms. The zero-order valence-electron chi connectivity index (χ0n) is 11.3. The molecule has 0 spiro atoms. The minimum absolute atomic E-state index is 0.330. The summed E-state index contributed by atoms with van der Waals surface area (Å²) in [6, 6.07) is 9.94. The summed E-state index contributed by atoms with van der Waals surface area (Å²) in [6.45, 7) is 6.38. The van der Waals surface area contributed by atoms with Gasteiger partial charge in [0.05, 0.1) is 12.3 Å². The number of carbonyl (C=O) groups excluding carboxylic acids is 1. The lowest BCUT2D eigenvalue weighted by atomic mass is 10.1. The van der Waals surface area contributed by atoms with Crippen molar-refractivity contribution in [3.63, 3.8) is 0 Å². The summed E-state index contributed by atoms with van der Waals surface area (Å²) in [7, 11) is 0. The first-order valence-corrected chi connectivity index (χ1v) is 7.18. The molecule has 4 heteroatoms. The average molecular weight is 275 g/mol. The summed E-state index contributed by atoms with van der Waals surface area (Å²) in [4.78, 5) is 17.4. The van der Waals surface area contributed by atoms with Crippen LogP contribution >= 0.6 is 11.3 Å². The van der Waals surface area contributed by atoms with E-state index in [0.29, 0.717) is 17.5 Å². The van der Waals surface area contributed by atoms with E-state index >= 15 is 0 Å². The Morgan fingerprint density at radius 2 is 2.00 bits per heavy atom. The maximum atomic E-state index is 11.8. The van der Waals surface area contributed by atoms with Gasteiger partial charge in [0, 0.05) is 10.4 Å². The Kier molecular flexibility index (Phi) is 4.32. The van der Waals surface area contributed by atoms with Crippen molar-refractivity contribution in [1.29, 1.82) is 0 Å². The summed E-state index contributed by atoms with van der Waals surface area (Å²) in [5, 5.41) is 0.435. The predicted octanol–water partition coefficient (Wildman–Crippen LogP) is 4.11. The first-order chi connectivity index (χ1) is 9.13. The molecule has 0 atom stereocenters. The van der Waals surface area contributed by atoms with Crippen LogP contribution in [0.15, 0.2) is 30.3 Å². The van der Waals surface area contributed by atoms with Crippen LogP contribution in [0, 0.1) is 0 Å². The second-order valence-electron chi connectivity index (χ2n) is 4.47. The number of ether oxygens (including phenoxy) is 1. The molecule has 1 aromatic carbocycles. The number of nitrogens with zero attached hydrogens (tertiary/aromatic N) is 1. The molecule has 0 aliphatic heterocycles. The van der Waals surface area contributed by atoms with Crippen molar-refractivity contribution < 1.29 is 9.53 Å². The van der Waals surface area contributed by atoms with Crippen LogP contribution in [-0.4, -0.2) is 17.6 Å². The molecule has 3 nitrogen and oxygen atoms in total. The van der Waals surface area contributed by atoms with Gasteiger partial charge >= 0.3 is 5.97 Å². The lowest BCUT2D eigenvalue weighted by Gasteiger charge is -2.04. The first kappa shape index (κ1) is 13.7. The van der Waals surface area contributed by atoms with Crippen molar-refractivity contribution >= 4 is 17.3 Å². The van der Waals surface area contributed by atoms with Gasteiger partial charge in [-0.2, -0.15) is 0 Å². The van der Waals surface area contributed by atoms with Gasteiger partial charge in [0.2, 0.25) is 5.01 Å². The molecule has 0 bridgehead atoms. The van der Waals surface area contributed by atoms with Crippen molar-refractivity contribution in [3.8, 4) is 11.3 Å². The van der Waals surface area contributed by atoms with E-state index in [2.05, 4.69) is 18.8 Å². The summed E-state index contributed by atoms with van der Waals surface area (Å²) >= 11 is 1.42. The summed E-state index contributed by atoms with van der Waals surface area (Å²) in [5.41, 5.74) is 1.93. The number of carbonyl (C=O) groups is 1. The van der Waals surface area contributed by atoms with Crippen LogP contribution in [0.4, 0.5) is 0 Å². The fraction of sp³-hybridized carbons (Fsp3) is 0.333. The lowest BCUT2D eigenvalue weighted by molar-refractivity contribution is 0.0526. The molecule has 100 valence electrons. The highest BCUT2D eigenvalue weighted by atomic mass is 32.1. The highest BCUT2D eigenvalue weighted by Gasteiger charge is 2.20. The SMILES string of the molecule is CCOC(=O)c1nc(-c2ccccc2)c(C(C)C)s1. The Morgan fingerprint density at radius 3 is 2.58 bits per heavy atom. The Morgan fingerprint density at radius 1 is 1.32 bits per heavy atom. The first-order valence-electron chi connectivity index (χ1n) is 6.36. The van der Waals surface area contributed by atoms with Crippen LogP contribution in [0.5, 0.6) is 0 Å². The van der Waals surface area contributed by atoms with Crippen LogP contribution in [0.3, 0.4) is 0 Å². The number of hydrogen-bond donors (Lipinski definition) is 0. The molecule has 1 heterocycles. The molecule has 2 aromatic rings. The van der Waals surface area contributed by atoms with E-state index < -0.39 is 0 Å². The molecular formula is C15H17NO2S. The van der Waals surface area contributed by atoms with Gasteiger partial charge in [-0.05, 0) is 12.8 Å². The second-order valence-corrected chi connectivity index (χ2v) is 5.50. The highest BCUT2D eigenvalue weighted by Crippen LogP contribution is 2.33. The largest absolute Gasteiger partial charge is 0.461 e. The lowest BCUT2D eigenvalue weighted by Crippen LogP contribution is -2.03. The van der Waals surface area contributed by atoms with Crippen molar-refractivity contribution in [2.24, 2.45) is 0 Å². The second kappa shape index (κ2) is 5.97. The van der Waals surface area contributed by atoms with Crippen LogP contribution in [0.25, 0.3) is 11.3 Å². The van der Waals surface area contributed by atoms with Gasteiger partial charge in [-0.25, -0.2) is 9.78 Å². The molecule has 0 saturated carbocycles. The molecule has 1 aromatic heterocycles. The third-order valence-electron chi connectivity index (χ3n) is 2.68. The van der Waals surface area contributed by atoms with Gasteiger partial charge in [-0.1, -0.05) is 44.2 Å². The topological polar surface area (TPSA) is 39.2 Å². The zero-order chi connectivity index (χ0) is 13.8. The number of esters is 1. The smallest absolute Gasteiger partial charge is 0.367 e. The molecule has 0 amide bonds. The van der Waals surface area contributed by atoms with E-state index in [9.17, 15) is 4.79 Å². The van der Waals surface area contributed by atoms with Gasteiger partial charge in [0.15, 0.2) is 0 Å². The fourth-order valence-corrected chi connectivity index (χ4v) is 2.79. The Hall–Kier alpha value is -1.68. The molecule has 0 N–H and O–H groups in total. The van der Waals surface area contributed by atoms with Crippen LogP contribution in [0.1, 0.15) is 41.4 Å². The minimum Gasteiger partial charge on any atom is -0.461 e. The monoisotopic (exact) mass is 275 g/mol. The molecule has 0 fully saturated rings. The van der Waals surface area contributed by atoms with Gasteiger partial charge in [0.25, 0.3) is 0 Å². The number of aromatic nitrogens is 1. The van der Waals surface area contributed by atoms with Crippen molar-refractivity contribution in [2.45, 2.75) is 26.7 Å². The zero-order valence-corrected chi connectivity index (χ0v) is 12.2. The van der Waals surface area contributed by atoms with Gasteiger partial charge in [-0.3, -0.25) is 0 Å². The van der Waals surface area contributed by atoms with Crippen LogP contribution in [-0.2, 0) is 4.74 Å². The molecule has 0 saturated heterocycles. The molecule has 0 radical (unpaired) electrons. The van der Waals surface area contributed by atoms with Gasteiger partial charge in [-0.15, -0.1) is 11.3 Å². The van der Waals surface area contributed by atoms with Crippen molar-refractivity contribution in [2.75, 3.05) is 6.61 Å². The van der Waals surface area contributed by atoms with E-state index in [-0.39, 0.29) is 5.97 Å². The van der Waals surface area contributed by atoms with Crippen LogP contribution in [0.2, 0.25) is 0 Å². The van der Waals surface area contributed by atoms with E-state index in [1.54, 1.807) is 6.92 Å². The van der Waals surface area contributed by atoms with Gasteiger partial charge < -0.3 is 4.74 Å². The average Bonchev–Trinajstić information content (AvgIpc) is 2.85. The quantitative estimate of drug-likeness (QED) is 0.788. The highest BCUT2D eigenvalue weighted by molar-refractivity contribution is 7.14. The summed E-state index contributed by atoms with van der Waals surface area (Å²) in [6.07, 6.45) is 0. The molecular weight excluding hydrogens is 258 g/mol. The Balaban J connectivity index is 2.45. The van der Waals surface area contributed by atoms with E-state index in [4.69, 9.17) is 4.74 Å². The predicted molar refractivity (Wildman–Crippen MR) is 77.6 cm³/mol. The number of hydrogen-bond acceptors (Lipinski definition) is 4. The maximum Gasteiger partial charge on any atom is 0.367 e. The van der Waals surface area contributed by atoms with Gasteiger partial charge in [0.1, 0.15) is 0 Å². The van der Waals surface area contributed by atoms with Crippen LogP contribution < -0.4 is 0 Å². The Bertz CT molecular complexity index is 561. The standard InChI is InChI=1S/C15H17NO2S/c1-4-18-15(17)14-16-12(13(19-14)10(2)3)11-8-6-5-7-9-11/h5-10H,4H2,1-3H3. The van der Waals surface area contributed by atoms with E-state index in [1.807, 2.05) is 30.3 Å². The summed E-state index contributed by atoms with van der Waals surface area (Å²) in [5.74, 6) is -0.00698. The molecule has 0 aliphatic rings. The third kappa shape index (κ3) is 3.01. The number of benzene rings is 1. The van der Waals surface area contributed by atoms with E-state index in [1.165, 1.54) is 11.3 Å². The van der Waals surface area contributed by atoms with Crippen molar-refractivity contribution in [1.82, 2.24) is 4.98 Å². The normalized spacial score (nSPS) is 10.7. The number of thiazole rings is 1. The third-order valence-corrected chi connectivity index (χ3v) is 4.01. The number of rotatable bonds is 4. The Labute approximate surface area is 117 Å². The molecule has 2 rings (SSSR count).